The second-order valence-electron chi connectivity index (χ2n) is 10.3. The monoisotopic (exact) mass is 557 g/mol. The number of aliphatic carboxylic acids is 1. The van der Waals surface area contributed by atoms with Crippen molar-refractivity contribution in [3.05, 3.63) is 80.3 Å². The van der Waals surface area contributed by atoms with E-state index in [0.29, 0.717) is 27.8 Å². The smallest absolute Gasteiger partial charge is 0.326 e. The van der Waals surface area contributed by atoms with Crippen molar-refractivity contribution in [1.29, 1.82) is 0 Å². The van der Waals surface area contributed by atoms with Crippen LogP contribution in [0.3, 0.4) is 0 Å². The van der Waals surface area contributed by atoms with Crippen molar-refractivity contribution in [1.82, 2.24) is 9.80 Å². The zero-order chi connectivity index (χ0) is 26.6. The Morgan fingerprint density at radius 3 is 2.22 bits per heavy atom. The summed E-state index contributed by atoms with van der Waals surface area (Å²) in [5.41, 5.74) is 2.25. The summed E-state index contributed by atoms with van der Waals surface area (Å²) in [5, 5.41) is 11.8. The molecule has 3 aliphatic heterocycles. The third-order valence-electron chi connectivity index (χ3n) is 7.55. The van der Waals surface area contributed by atoms with E-state index in [9.17, 15) is 14.7 Å². The second kappa shape index (κ2) is 9.68. The first-order chi connectivity index (χ1) is 17.5. The lowest BCUT2D eigenvalue weighted by Gasteiger charge is -2.37. The number of carbonyl (C=O) groups excluding carboxylic acids is 1. The van der Waals surface area contributed by atoms with Crippen molar-refractivity contribution >= 4 is 52.0 Å². The SMILES string of the molecule is CC(C)C1=C(C(=O)N2[C@H](C)CC[C@H]2C(=O)O)SC2=NC(C)(c3ccc(Cl)cc3)C(c3ccc(Cl)cc3)N21. The molecule has 3 aliphatic rings. The quantitative estimate of drug-likeness (QED) is 0.442. The van der Waals surface area contributed by atoms with E-state index >= 15 is 0 Å². The molecule has 2 unspecified atom stereocenters. The van der Waals surface area contributed by atoms with E-state index in [1.807, 2.05) is 55.5 Å². The van der Waals surface area contributed by atoms with Crippen LogP contribution in [0.15, 0.2) is 64.1 Å². The number of halogens is 2. The molecule has 9 heteroatoms. The second-order valence-corrected chi connectivity index (χ2v) is 12.2. The van der Waals surface area contributed by atoms with E-state index in [-0.39, 0.29) is 23.9 Å². The number of thioether (sulfide) groups is 1. The molecular weight excluding hydrogens is 529 g/mol. The van der Waals surface area contributed by atoms with Crippen LogP contribution in [0.4, 0.5) is 0 Å². The molecule has 194 valence electrons. The summed E-state index contributed by atoms with van der Waals surface area (Å²) in [7, 11) is 0. The van der Waals surface area contributed by atoms with Gasteiger partial charge in [0, 0.05) is 21.8 Å². The van der Waals surface area contributed by atoms with Gasteiger partial charge in [-0.2, -0.15) is 0 Å². The Balaban J connectivity index is 1.64. The van der Waals surface area contributed by atoms with Crippen LogP contribution in [0, 0.1) is 5.92 Å². The van der Waals surface area contributed by atoms with Crippen LogP contribution in [-0.2, 0) is 15.1 Å². The Bertz CT molecular complexity index is 1310. The lowest BCUT2D eigenvalue weighted by atomic mass is 9.81. The van der Waals surface area contributed by atoms with Gasteiger partial charge in [-0.3, -0.25) is 4.79 Å². The van der Waals surface area contributed by atoms with Gasteiger partial charge in [0.25, 0.3) is 5.91 Å². The lowest BCUT2D eigenvalue weighted by molar-refractivity contribution is -0.147. The van der Waals surface area contributed by atoms with Gasteiger partial charge in [-0.15, -0.1) is 0 Å². The normalized spacial score (nSPS) is 27.2. The fraction of sp³-hybridized carbons (Fsp3) is 0.393. The summed E-state index contributed by atoms with van der Waals surface area (Å²) in [4.78, 5) is 35.4. The van der Waals surface area contributed by atoms with Gasteiger partial charge >= 0.3 is 5.97 Å². The Kier molecular flexibility index (Phi) is 6.84. The highest BCUT2D eigenvalue weighted by atomic mass is 35.5. The molecule has 4 atom stereocenters. The van der Waals surface area contributed by atoms with Crippen molar-refractivity contribution in [2.24, 2.45) is 10.9 Å². The van der Waals surface area contributed by atoms with Gasteiger partial charge in [0.05, 0.1) is 6.04 Å². The molecule has 5 rings (SSSR count). The van der Waals surface area contributed by atoms with Crippen molar-refractivity contribution in [2.45, 2.75) is 64.2 Å². The number of amides is 1. The number of aliphatic imine (C=N–C) groups is 1. The summed E-state index contributed by atoms with van der Waals surface area (Å²) in [6, 6.07) is 14.3. The number of fused-ring (bicyclic) bond motifs is 1. The van der Waals surface area contributed by atoms with E-state index in [0.717, 1.165) is 22.0 Å². The maximum Gasteiger partial charge on any atom is 0.326 e. The third kappa shape index (κ3) is 4.35. The van der Waals surface area contributed by atoms with Crippen LogP contribution < -0.4 is 0 Å². The minimum Gasteiger partial charge on any atom is -0.480 e. The Labute approximate surface area is 231 Å². The molecule has 0 saturated carbocycles. The molecule has 0 aromatic heterocycles. The van der Waals surface area contributed by atoms with Crippen LogP contribution >= 0.6 is 35.0 Å². The Morgan fingerprint density at radius 1 is 1.05 bits per heavy atom. The molecule has 0 bridgehead atoms. The number of rotatable bonds is 5. The third-order valence-corrected chi connectivity index (χ3v) is 9.12. The summed E-state index contributed by atoms with van der Waals surface area (Å²) in [6.07, 6.45) is 1.13. The Morgan fingerprint density at radius 2 is 1.65 bits per heavy atom. The van der Waals surface area contributed by atoms with Crippen LogP contribution in [0.2, 0.25) is 10.0 Å². The highest BCUT2D eigenvalue weighted by Gasteiger charge is 2.54. The summed E-state index contributed by atoms with van der Waals surface area (Å²) in [6.45, 7) is 8.14. The van der Waals surface area contributed by atoms with Crippen LogP contribution in [0.25, 0.3) is 0 Å². The molecule has 2 aromatic rings. The van der Waals surface area contributed by atoms with Crippen LogP contribution in [0.1, 0.15) is 57.7 Å². The molecule has 1 saturated heterocycles. The van der Waals surface area contributed by atoms with Gasteiger partial charge < -0.3 is 14.9 Å². The molecule has 3 heterocycles. The number of likely N-dealkylation sites (tertiary alicyclic amines) is 1. The first-order valence-corrected chi connectivity index (χ1v) is 14.0. The van der Waals surface area contributed by atoms with Gasteiger partial charge in [0.2, 0.25) is 0 Å². The average molecular weight is 559 g/mol. The first-order valence-electron chi connectivity index (χ1n) is 12.4. The Hall–Kier alpha value is -2.48. The van der Waals surface area contributed by atoms with Crippen molar-refractivity contribution in [2.75, 3.05) is 0 Å². The highest BCUT2D eigenvalue weighted by molar-refractivity contribution is 8.18. The molecule has 37 heavy (non-hydrogen) atoms. The molecule has 0 spiro atoms. The molecule has 1 amide bonds. The predicted octanol–water partition coefficient (Wildman–Crippen LogP) is 6.70. The van der Waals surface area contributed by atoms with Crippen molar-refractivity contribution in [3.63, 3.8) is 0 Å². The van der Waals surface area contributed by atoms with Crippen molar-refractivity contribution in [3.8, 4) is 0 Å². The fourth-order valence-corrected chi connectivity index (χ4v) is 7.35. The fourth-order valence-electron chi connectivity index (χ4n) is 5.75. The maximum absolute atomic E-state index is 13.9. The van der Waals surface area contributed by atoms with Gasteiger partial charge in [-0.1, -0.05) is 61.3 Å². The number of carboxylic acids is 1. The molecule has 1 N–H and O–H groups in total. The average Bonchev–Trinajstić information content (AvgIpc) is 3.49. The molecular formula is C28H29Cl2N3O3S. The van der Waals surface area contributed by atoms with Gasteiger partial charge in [-0.05, 0) is 79.8 Å². The van der Waals surface area contributed by atoms with E-state index in [1.54, 1.807) is 4.90 Å². The molecule has 6 nitrogen and oxygen atoms in total. The molecule has 2 aromatic carbocycles. The van der Waals surface area contributed by atoms with E-state index in [2.05, 4.69) is 25.7 Å². The highest BCUT2D eigenvalue weighted by Crippen LogP contribution is 2.56. The minimum atomic E-state index is -0.959. The van der Waals surface area contributed by atoms with Crippen LogP contribution in [-0.4, -0.2) is 44.0 Å². The number of benzene rings is 2. The zero-order valence-electron chi connectivity index (χ0n) is 21.1. The maximum atomic E-state index is 13.9. The van der Waals surface area contributed by atoms with E-state index < -0.39 is 17.6 Å². The number of allylic oxidation sites excluding steroid dienone is 1. The summed E-state index contributed by atoms with van der Waals surface area (Å²) in [5.74, 6) is -1.19. The van der Waals surface area contributed by atoms with Crippen molar-refractivity contribution < 1.29 is 14.7 Å². The number of nitrogens with zero attached hydrogens (tertiary/aromatic N) is 3. The predicted molar refractivity (Wildman–Crippen MR) is 149 cm³/mol. The van der Waals surface area contributed by atoms with Crippen LogP contribution in [0.5, 0.6) is 0 Å². The standard InChI is InChI=1S/C28H29Cl2N3O3S/c1-15(2)22-23(25(34)32-16(3)5-14-21(32)26(35)36)37-27-31-28(4,18-8-12-20(30)13-9-18)24(33(22)27)17-6-10-19(29)11-7-17/h6-13,15-16,21,24H,5,14H2,1-4H3,(H,35,36)/t16-,21+,24?,28?/m1/s1. The number of carboxylic acid groups (broad SMARTS) is 1. The number of hydrogen-bond acceptors (Lipinski definition) is 5. The summed E-state index contributed by atoms with van der Waals surface area (Å²) < 4.78 is 0. The van der Waals surface area contributed by atoms with Gasteiger partial charge in [-0.25, -0.2) is 9.79 Å². The number of carbonyl (C=O) groups is 2. The lowest BCUT2D eigenvalue weighted by Crippen LogP contribution is -2.44. The molecule has 0 aliphatic carbocycles. The minimum absolute atomic E-state index is 0.00250. The molecule has 1 fully saturated rings. The summed E-state index contributed by atoms with van der Waals surface area (Å²) >= 11 is 13.8. The van der Waals surface area contributed by atoms with Gasteiger partial charge in [0.15, 0.2) is 5.17 Å². The zero-order valence-corrected chi connectivity index (χ0v) is 23.4. The number of amidine groups is 1. The van der Waals surface area contributed by atoms with E-state index in [4.69, 9.17) is 28.2 Å². The first kappa shape index (κ1) is 26.1. The van der Waals surface area contributed by atoms with E-state index in [1.165, 1.54) is 11.8 Å². The largest absolute Gasteiger partial charge is 0.480 e. The topological polar surface area (TPSA) is 73.2 Å². The molecule has 0 radical (unpaired) electrons. The van der Waals surface area contributed by atoms with Gasteiger partial charge in [0.1, 0.15) is 16.5 Å². The number of hydrogen-bond donors (Lipinski definition) is 1.